The third-order valence-electron chi connectivity index (χ3n) is 4.42. The molecule has 1 aliphatic rings. The number of thioether (sulfide) groups is 1. The second kappa shape index (κ2) is 8.35. The van der Waals surface area contributed by atoms with Crippen molar-refractivity contribution in [3.63, 3.8) is 0 Å². The molecule has 0 radical (unpaired) electrons. The number of hydrogen-bond acceptors (Lipinski definition) is 6. The minimum absolute atomic E-state index is 0.0416. The predicted octanol–water partition coefficient (Wildman–Crippen LogP) is 2.57. The van der Waals surface area contributed by atoms with Gasteiger partial charge in [0.1, 0.15) is 15.7 Å². The zero-order chi connectivity index (χ0) is 18.7. The number of carbonyl (C=O) groups excluding carboxylic acids is 2. The van der Waals surface area contributed by atoms with Gasteiger partial charge in [-0.25, -0.2) is 9.97 Å². The zero-order valence-corrected chi connectivity index (χ0v) is 17.1. The van der Waals surface area contributed by atoms with Crippen LogP contribution in [0.15, 0.2) is 5.03 Å². The maximum Gasteiger partial charge on any atom is 0.239 e. The molecule has 0 unspecified atom stereocenters. The normalized spacial score (nSPS) is 13.0. The number of aromatic nitrogens is 2. The first kappa shape index (κ1) is 19.1. The Kier molecular flexibility index (Phi) is 6.13. The fourth-order valence-electron chi connectivity index (χ4n) is 3.19. The van der Waals surface area contributed by atoms with Gasteiger partial charge in [0, 0.05) is 23.4 Å². The molecule has 1 N–H and O–H groups in total. The average molecular weight is 393 g/mol. The van der Waals surface area contributed by atoms with Crippen molar-refractivity contribution in [2.45, 2.75) is 45.1 Å². The summed E-state index contributed by atoms with van der Waals surface area (Å²) in [5.74, 6) is 0.856. The molecule has 0 aliphatic heterocycles. The Balaban J connectivity index is 1.74. The number of likely N-dealkylation sites (N-methyl/N-ethyl adjacent to an activating group) is 2. The molecule has 2 aromatic rings. The van der Waals surface area contributed by atoms with Crippen molar-refractivity contribution >= 4 is 45.1 Å². The molecular weight excluding hydrogens is 368 g/mol. The van der Waals surface area contributed by atoms with Gasteiger partial charge in [0.05, 0.1) is 12.3 Å². The van der Waals surface area contributed by atoms with E-state index in [9.17, 15) is 9.59 Å². The largest absolute Gasteiger partial charge is 0.355 e. The van der Waals surface area contributed by atoms with Crippen molar-refractivity contribution in [2.75, 3.05) is 25.4 Å². The van der Waals surface area contributed by atoms with Gasteiger partial charge < -0.3 is 10.2 Å². The third kappa shape index (κ3) is 4.01. The van der Waals surface area contributed by atoms with Gasteiger partial charge in [-0.1, -0.05) is 11.8 Å². The van der Waals surface area contributed by atoms with Crippen LogP contribution < -0.4 is 5.32 Å². The minimum atomic E-state index is -0.122. The Hall–Kier alpha value is -1.67. The lowest BCUT2D eigenvalue weighted by atomic mass is 10.2. The first-order chi connectivity index (χ1) is 12.5. The lowest BCUT2D eigenvalue weighted by Crippen LogP contribution is -2.41. The van der Waals surface area contributed by atoms with Crippen LogP contribution in [0.1, 0.15) is 36.5 Å². The molecule has 2 aromatic heterocycles. The van der Waals surface area contributed by atoms with Crippen LogP contribution >= 0.6 is 23.1 Å². The van der Waals surface area contributed by atoms with E-state index in [2.05, 4.69) is 15.3 Å². The van der Waals surface area contributed by atoms with E-state index < -0.39 is 0 Å². The summed E-state index contributed by atoms with van der Waals surface area (Å²) in [6.07, 6.45) is 3.38. The Morgan fingerprint density at radius 3 is 2.81 bits per heavy atom. The molecule has 0 saturated heterocycles. The van der Waals surface area contributed by atoms with Crippen molar-refractivity contribution in [2.24, 2.45) is 0 Å². The van der Waals surface area contributed by atoms with Crippen LogP contribution in [-0.2, 0) is 22.4 Å². The molecule has 0 atom stereocenters. The van der Waals surface area contributed by atoms with E-state index in [1.807, 2.05) is 20.8 Å². The Morgan fingerprint density at radius 2 is 2.08 bits per heavy atom. The minimum Gasteiger partial charge on any atom is -0.355 e. The molecule has 6 nitrogen and oxygen atoms in total. The number of nitrogens with zero attached hydrogens (tertiary/aromatic N) is 3. The number of carbonyl (C=O) groups is 2. The lowest BCUT2D eigenvalue weighted by Gasteiger charge is -2.20. The highest BCUT2D eigenvalue weighted by Gasteiger charge is 2.23. The second-order valence-electron chi connectivity index (χ2n) is 6.26. The van der Waals surface area contributed by atoms with Crippen LogP contribution in [0.25, 0.3) is 10.2 Å². The molecule has 0 spiro atoms. The highest BCUT2D eigenvalue weighted by molar-refractivity contribution is 8.00. The summed E-state index contributed by atoms with van der Waals surface area (Å²) in [4.78, 5) is 37.6. The Labute approximate surface area is 161 Å². The molecule has 3 rings (SSSR count). The SMILES string of the molecule is CCNC(=O)CN(CC)C(=O)CSc1nc(C)nc2sc3c(c12)CCC3. The molecule has 0 saturated carbocycles. The smallest absolute Gasteiger partial charge is 0.239 e. The number of amides is 2. The van der Waals surface area contributed by atoms with Gasteiger partial charge in [0.15, 0.2) is 0 Å². The number of fused-ring (bicyclic) bond motifs is 3. The highest BCUT2D eigenvalue weighted by Crippen LogP contribution is 2.40. The fourth-order valence-corrected chi connectivity index (χ4v) is 5.57. The maximum atomic E-state index is 12.6. The van der Waals surface area contributed by atoms with Gasteiger partial charge in [-0.15, -0.1) is 11.3 Å². The first-order valence-corrected chi connectivity index (χ1v) is 10.8. The predicted molar refractivity (Wildman–Crippen MR) is 106 cm³/mol. The summed E-state index contributed by atoms with van der Waals surface area (Å²) in [6.45, 7) is 6.84. The summed E-state index contributed by atoms with van der Waals surface area (Å²) in [6, 6.07) is 0. The molecule has 2 heterocycles. The van der Waals surface area contributed by atoms with Crippen molar-refractivity contribution in [3.05, 3.63) is 16.3 Å². The summed E-state index contributed by atoms with van der Waals surface area (Å²) < 4.78 is 0. The Bertz CT molecular complexity index is 834. The molecule has 2 amide bonds. The number of aryl methyl sites for hydroxylation is 3. The number of thiophene rings is 1. The van der Waals surface area contributed by atoms with Crippen LogP contribution in [0.3, 0.4) is 0 Å². The fraction of sp³-hybridized carbons (Fsp3) is 0.556. The second-order valence-corrected chi connectivity index (χ2v) is 8.31. The lowest BCUT2D eigenvalue weighted by molar-refractivity contribution is -0.133. The Morgan fingerprint density at radius 1 is 1.27 bits per heavy atom. The number of nitrogens with one attached hydrogen (secondary N) is 1. The number of rotatable bonds is 7. The summed E-state index contributed by atoms with van der Waals surface area (Å²) in [7, 11) is 0. The van der Waals surface area contributed by atoms with Gasteiger partial charge in [-0.3, -0.25) is 9.59 Å². The summed E-state index contributed by atoms with van der Waals surface area (Å²) >= 11 is 3.22. The van der Waals surface area contributed by atoms with Crippen LogP contribution in [-0.4, -0.2) is 52.1 Å². The molecule has 0 aromatic carbocycles. The number of hydrogen-bond donors (Lipinski definition) is 1. The van der Waals surface area contributed by atoms with Crippen LogP contribution in [0.5, 0.6) is 0 Å². The molecule has 0 bridgehead atoms. The zero-order valence-electron chi connectivity index (χ0n) is 15.4. The first-order valence-electron chi connectivity index (χ1n) is 8.99. The van der Waals surface area contributed by atoms with Crippen molar-refractivity contribution in [1.82, 2.24) is 20.2 Å². The van der Waals surface area contributed by atoms with Crippen molar-refractivity contribution in [3.8, 4) is 0 Å². The van der Waals surface area contributed by atoms with E-state index in [1.165, 1.54) is 28.6 Å². The van der Waals surface area contributed by atoms with Crippen LogP contribution in [0, 0.1) is 6.92 Å². The maximum absolute atomic E-state index is 12.6. The van der Waals surface area contributed by atoms with Crippen molar-refractivity contribution < 1.29 is 9.59 Å². The van der Waals surface area contributed by atoms with Crippen LogP contribution in [0.4, 0.5) is 0 Å². The molecular formula is C18H24N4O2S2. The van der Waals surface area contributed by atoms with E-state index >= 15 is 0 Å². The van der Waals surface area contributed by atoms with E-state index in [-0.39, 0.29) is 24.1 Å². The van der Waals surface area contributed by atoms with Gasteiger partial charge >= 0.3 is 0 Å². The van der Waals surface area contributed by atoms with Gasteiger partial charge in [0.25, 0.3) is 0 Å². The topological polar surface area (TPSA) is 75.2 Å². The van der Waals surface area contributed by atoms with Gasteiger partial charge in [-0.05, 0) is 45.6 Å². The van der Waals surface area contributed by atoms with E-state index in [0.717, 1.165) is 33.9 Å². The monoisotopic (exact) mass is 392 g/mol. The average Bonchev–Trinajstić information content (AvgIpc) is 3.17. The molecule has 26 heavy (non-hydrogen) atoms. The molecule has 1 aliphatic carbocycles. The van der Waals surface area contributed by atoms with Crippen LogP contribution in [0.2, 0.25) is 0 Å². The molecule has 8 heteroatoms. The highest BCUT2D eigenvalue weighted by atomic mass is 32.2. The van der Waals surface area contributed by atoms with E-state index in [0.29, 0.717) is 13.1 Å². The standard InChI is InChI=1S/C18H24N4O2S2/c1-4-19-14(23)9-22(5-2)15(24)10-25-17-16-12-7-6-8-13(12)26-18(16)21-11(3)20-17/h4-10H2,1-3H3,(H,19,23). The molecule has 0 fully saturated rings. The summed E-state index contributed by atoms with van der Waals surface area (Å²) in [5, 5.41) is 4.77. The van der Waals surface area contributed by atoms with Gasteiger partial charge in [0.2, 0.25) is 11.8 Å². The van der Waals surface area contributed by atoms with E-state index in [1.54, 1.807) is 16.2 Å². The van der Waals surface area contributed by atoms with E-state index in [4.69, 9.17) is 0 Å². The van der Waals surface area contributed by atoms with Gasteiger partial charge in [-0.2, -0.15) is 0 Å². The van der Waals surface area contributed by atoms with Crippen molar-refractivity contribution in [1.29, 1.82) is 0 Å². The summed E-state index contributed by atoms with van der Waals surface area (Å²) in [5.41, 5.74) is 1.37. The molecule has 140 valence electrons. The quantitative estimate of drug-likeness (QED) is 0.579. The third-order valence-corrected chi connectivity index (χ3v) is 6.56.